The normalized spacial score (nSPS) is 11.0. The molecule has 0 amide bonds. The van der Waals surface area contributed by atoms with Gasteiger partial charge in [-0.2, -0.15) is 10.2 Å². The third-order valence-electron chi connectivity index (χ3n) is 4.37. The SMILES string of the molecule is COc1ccc(-c2nn(-c3ccccc3)cc2/C=N/Nc2nc(C)cc(=O)[nH]2)cc1. The molecule has 4 aromatic rings. The van der Waals surface area contributed by atoms with Gasteiger partial charge in [0.2, 0.25) is 5.95 Å². The lowest BCUT2D eigenvalue weighted by molar-refractivity contribution is 0.415. The van der Waals surface area contributed by atoms with Crippen LogP contribution in [0.5, 0.6) is 5.75 Å². The van der Waals surface area contributed by atoms with Crippen molar-refractivity contribution in [3.63, 3.8) is 0 Å². The zero-order chi connectivity index (χ0) is 20.9. The van der Waals surface area contributed by atoms with Gasteiger partial charge in [-0.1, -0.05) is 18.2 Å². The summed E-state index contributed by atoms with van der Waals surface area (Å²) in [5.41, 5.74) is 6.55. The average Bonchev–Trinajstić information content (AvgIpc) is 3.18. The number of benzene rings is 2. The fourth-order valence-electron chi connectivity index (χ4n) is 2.96. The predicted molar refractivity (Wildman–Crippen MR) is 116 cm³/mol. The number of nitrogens with zero attached hydrogens (tertiary/aromatic N) is 4. The molecule has 0 spiro atoms. The topological polar surface area (TPSA) is 97.2 Å². The van der Waals surface area contributed by atoms with Crippen molar-refractivity contribution in [1.82, 2.24) is 19.7 Å². The highest BCUT2D eigenvalue weighted by Crippen LogP contribution is 2.25. The Labute approximate surface area is 172 Å². The number of hydrogen-bond acceptors (Lipinski definition) is 6. The molecule has 30 heavy (non-hydrogen) atoms. The second-order valence-corrected chi connectivity index (χ2v) is 6.55. The van der Waals surface area contributed by atoms with Crippen molar-refractivity contribution in [3.8, 4) is 22.7 Å². The molecular weight excluding hydrogens is 380 g/mol. The van der Waals surface area contributed by atoms with Crippen molar-refractivity contribution in [3.05, 3.63) is 88.5 Å². The minimum absolute atomic E-state index is 0.240. The number of aromatic nitrogens is 4. The summed E-state index contributed by atoms with van der Waals surface area (Å²) in [5, 5.41) is 8.98. The van der Waals surface area contributed by atoms with E-state index in [2.05, 4.69) is 20.5 Å². The number of hydrazone groups is 1. The minimum Gasteiger partial charge on any atom is -0.497 e. The average molecular weight is 400 g/mol. The number of aryl methyl sites for hydroxylation is 1. The third-order valence-corrected chi connectivity index (χ3v) is 4.37. The first-order valence-electron chi connectivity index (χ1n) is 9.29. The van der Waals surface area contributed by atoms with Crippen molar-refractivity contribution in [1.29, 1.82) is 0 Å². The van der Waals surface area contributed by atoms with Gasteiger partial charge in [0.1, 0.15) is 11.4 Å². The molecule has 0 radical (unpaired) electrons. The molecule has 0 saturated carbocycles. The second kappa shape index (κ2) is 8.44. The van der Waals surface area contributed by atoms with Gasteiger partial charge < -0.3 is 4.74 Å². The van der Waals surface area contributed by atoms with Crippen molar-refractivity contribution in [2.45, 2.75) is 6.92 Å². The highest BCUT2D eigenvalue weighted by Gasteiger charge is 2.11. The minimum atomic E-state index is -0.240. The van der Waals surface area contributed by atoms with Crippen LogP contribution in [0.25, 0.3) is 16.9 Å². The molecule has 2 aromatic heterocycles. The van der Waals surface area contributed by atoms with E-state index in [0.717, 1.165) is 28.3 Å². The molecule has 2 heterocycles. The molecule has 8 nitrogen and oxygen atoms in total. The maximum atomic E-state index is 11.6. The third kappa shape index (κ3) is 4.27. The van der Waals surface area contributed by atoms with E-state index in [1.54, 1.807) is 24.9 Å². The number of para-hydroxylation sites is 1. The van der Waals surface area contributed by atoms with Crippen LogP contribution in [0.2, 0.25) is 0 Å². The van der Waals surface area contributed by atoms with Crippen LogP contribution in [0, 0.1) is 6.92 Å². The summed E-state index contributed by atoms with van der Waals surface area (Å²) in [6.07, 6.45) is 3.54. The van der Waals surface area contributed by atoms with E-state index in [-0.39, 0.29) is 11.5 Å². The maximum absolute atomic E-state index is 11.6. The summed E-state index contributed by atoms with van der Waals surface area (Å²) in [7, 11) is 1.63. The van der Waals surface area contributed by atoms with Crippen molar-refractivity contribution in [2.75, 3.05) is 12.5 Å². The quantitative estimate of drug-likeness (QED) is 0.382. The van der Waals surface area contributed by atoms with E-state index >= 15 is 0 Å². The van der Waals surface area contributed by atoms with Crippen molar-refractivity contribution in [2.24, 2.45) is 5.10 Å². The Hall–Kier alpha value is -4.20. The molecule has 0 aliphatic rings. The van der Waals surface area contributed by atoms with Gasteiger partial charge in [-0.05, 0) is 43.3 Å². The maximum Gasteiger partial charge on any atom is 0.252 e. The highest BCUT2D eigenvalue weighted by atomic mass is 16.5. The lowest BCUT2D eigenvalue weighted by Gasteiger charge is -2.03. The molecule has 4 rings (SSSR count). The van der Waals surface area contributed by atoms with Gasteiger partial charge in [0.25, 0.3) is 5.56 Å². The standard InChI is InChI=1S/C22H20N6O2/c1-15-12-20(29)25-22(24-15)26-23-13-17-14-28(18-6-4-3-5-7-18)27-21(17)16-8-10-19(30-2)11-9-16/h3-14H,1-2H3,(H2,24,25,26,29)/b23-13+. The molecule has 2 aromatic carbocycles. The molecule has 0 fully saturated rings. The Morgan fingerprint density at radius 2 is 1.90 bits per heavy atom. The van der Waals surface area contributed by atoms with Gasteiger partial charge >= 0.3 is 0 Å². The predicted octanol–water partition coefficient (Wildman–Crippen LogP) is 3.39. The zero-order valence-corrected chi connectivity index (χ0v) is 16.5. The summed E-state index contributed by atoms with van der Waals surface area (Å²) >= 11 is 0. The first-order valence-corrected chi connectivity index (χ1v) is 9.29. The number of anilines is 1. The lowest BCUT2D eigenvalue weighted by Crippen LogP contribution is -2.10. The number of nitrogens with one attached hydrogen (secondary N) is 2. The monoisotopic (exact) mass is 400 g/mol. The van der Waals surface area contributed by atoms with Crippen molar-refractivity contribution < 1.29 is 4.74 Å². The molecule has 8 heteroatoms. The molecule has 0 atom stereocenters. The molecule has 0 bridgehead atoms. The van der Waals surface area contributed by atoms with Gasteiger partial charge in [0, 0.05) is 29.1 Å². The lowest BCUT2D eigenvalue weighted by atomic mass is 10.1. The van der Waals surface area contributed by atoms with E-state index in [0.29, 0.717) is 5.69 Å². The van der Waals surface area contributed by atoms with Gasteiger partial charge in [0.05, 0.1) is 19.0 Å². The summed E-state index contributed by atoms with van der Waals surface area (Å²) in [4.78, 5) is 18.4. The molecule has 0 unspecified atom stereocenters. The van der Waals surface area contributed by atoms with Crippen molar-refractivity contribution >= 4 is 12.2 Å². The first kappa shape index (κ1) is 19.1. The van der Waals surface area contributed by atoms with E-state index in [1.807, 2.05) is 60.8 Å². The Morgan fingerprint density at radius 1 is 1.13 bits per heavy atom. The number of methoxy groups -OCH3 is 1. The summed E-state index contributed by atoms with van der Waals surface area (Å²) < 4.78 is 7.04. The van der Waals surface area contributed by atoms with Crippen LogP contribution in [-0.4, -0.2) is 33.1 Å². The van der Waals surface area contributed by atoms with E-state index in [1.165, 1.54) is 6.07 Å². The van der Waals surface area contributed by atoms with Gasteiger partial charge in [-0.15, -0.1) is 0 Å². The number of rotatable bonds is 6. The largest absolute Gasteiger partial charge is 0.497 e. The Morgan fingerprint density at radius 3 is 2.60 bits per heavy atom. The molecule has 0 aliphatic heterocycles. The Bertz CT molecular complexity index is 1230. The summed E-state index contributed by atoms with van der Waals surface area (Å²) in [5.74, 6) is 1.05. The Balaban J connectivity index is 1.69. The van der Waals surface area contributed by atoms with Crippen LogP contribution in [0.1, 0.15) is 11.3 Å². The van der Waals surface area contributed by atoms with E-state index in [9.17, 15) is 4.79 Å². The number of H-pyrrole nitrogens is 1. The van der Waals surface area contributed by atoms with Crippen LogP contribution in [0.15, 0.2) is 76.8 Å². The number of ether oxygens (including phenoxy) is 1. The van der Waals surface area contributed by atoms with Crippen LogP contribution in [-0.2, 0) is 0 Å². The van der Waals surface area contributed by atoms with Crippen LogP contribution >= 0.6 is 0 Å². The second-order valence-electron chi connectivity index (χ2n) is 6.55. The Kier molecular flexibility index (Phi) is 5.38. The van der Waals surface area contributed by atoms with Crippen LogP contribution in [0.3, 0.4) is 0 Å². The van der Waals surface area contributed by atoms with Crippen LogP contribution < -0.4 is 15.7 Å². The fourth-order valence-corrected chi connectivity index (χ4v) is 2.96. The fraction of sp³-hybridized carbons (Fsp3) is 0.0909. The summed E-state index contributed by atoms with van der Waals surface area (Å²) in [6.45, 7) is 1.75. The zero-order valence-electron chi connectivity index (χ0n) is 16.5. The highest BCUT2D eigenvalue weighted by molar-refractivity contribution is 5.89. The van der Waals surface area contributed by atoms with Gasteiger partial charge in [-0.3, -0.25) is 9.78 Å². The molecule has 2 N–H and O–H groups in total. The number of hydrogen-bond donors (Lipinski definition) is 2. The van der Waals surface area contributed by atoms with Gasteiger partial charge in [0.15, 0.2) is 0 Å². The molecular formula is C22H20N6O2. The molecule has 150 valence electrons. The van der Waals surface area contributed by atoms with Gasteiger partial charge in [-0.25, -0.2) is 15.1 Å². The first-order chi connectivity index (χ1) is 14.6. The molecule has 0 saturated heterocycles. The molecule has 0 aliphatic carbocycles. The smallest absolute Gasteiger partial charge is 0.252 e. The number of aromatic amines is 1. The van der Waals surface area contributed by atoms with Crippen LogP contribution in [0.4, 0.5) is 5.95 Å². The van der Waals surface area contributed by atoms with E-state index in [4.69, 9.17) is 9.84 Å². The van der Waals surface area contributed by atoms with E-state index < -0.39 is 0 Å². The summed E-state index contributed by atoms with van der Waals surface area (Å²) in [6, 6.07) is 18.9.